The highest BCUT2D eigenvalue weighted by Crippen LogP contribution is 2.24. The average Bonchev–Trinajstić information content (AvgIpc) is 2.67. The van der Waals surface area contributed by atoms with Gasteiger partial charge in [-0.2, -0.15) is 5.26 Å². The van der Waals surface area contributed by atoms with Crippen molar-refractivity contribution < 1.29 is 18.7 Å². The maximum Gasteiger partial charge on any atom is 0.257 e. The van der Waals surface area contributed by atoms with Crippen molar-refractivity contribution >= 4 is 11.6 Å². The largest absolute Gasteiger partial charge is 0.379 e. The summed E-state index contributed by atoms with van der Waals surface area (Å²) in [5.74, 6) is -0.863. The van der Waals surface area contributed by atoms with Crippen molar-refractivity contribution in [2.75, 3.05) is 18.4 Å². The van der Waals surface area contributed by atoms with Crippen LogP contribution in [-0.4, -0.2) is 34.6 Å². The highest BCUT2D eigenvalue weighted by molar-refractivity contribution is 5.97. The van der Waals surface area contributed by atoms with E-state index in [1.165, 1.54) is 31.2 Å². The number of benzene rings is 2. The minimum atomic E-state index is -1.70. The topological polar surface area (TPSA) is 76.4 Å². The van der Waals surface area contributed by atoms with Crippen molar-refractivity contribution in [2.45, 2.75) is 32.2 Å². The summed E-state index contributed by atoms with van der Waals surface area (Å²) in [6, 6.07) is 11.1. The summed E-state index contributed by atoms with van der Waals surface area (Å²) in [7, 11) is 0. The highest BCUT2D eigenvalue weighted by Gasteiger charge is 2.34. The fourth-order valence-corrected chi connectivity index (χ4v) is 3.42. The van der Waals surface area contributed by atoms with Gasteiger partial charge in [0.1, 0.15) is 12.5 Å². The third kappa shape index (κ3) is 4.19. The van der Waals surface area contributed by atoms with Gasteiger partial charge < -0.3 is 10.4 Å². The van der Waals surface area contributed by atoms with Crippen molar-refractivity contribution in [3.8, 4) is 6.07 Å². The summed E-state index contributed by atoms with van der Waals surface area (Å²) in [6.07, 6.45) is 0.509. The fraction of sp³-hybridized carbons (Fsp3) is 0.333. The van der Waals surface area contributed by atoms with Gasteiger partial charge in [0.15, 0.2) is 5.60 Å². The molecule has 7 heteroatoms. The van der Waals surface area contributed by atoms with Gasteiger partial charge in [-0.15, -0.1) is 0 Å². The van der Waals surface area contributed by atoms with Crippen LogP contribution >= 0.6 is 0 Å². The number of nitrogens with zero attached hydrogens (tertiary/aromatic N) is 2. The number of aliphatic hydroxyl groups is 1. The van der Waals surface area contributed by atoms with Gasteiger partial charge in [-0.25, -0.2) is 8.78 Å². The van der Waals surface area contributed by atoms with Crippen LogP contribution in [0.1, 0.15) is 29.2 Å². The molecule has 1 amide bonds. The molecule has 1 aliphatic rings. The Morgan fingerprint density at radius 2 is 2.18 bits per heavy atom. The number of anilines is 1. The molecule has 0 spiro atoms. The van der Waals surface area contributed by atoms with Gasteiger partial charge in [-0.3, -0.25) is 9.69 Å². The number of fused-ring (bicyclic) bond motifs is 1. The van der Waals surface area contributed by atoms with E-state index in [4.69, 9.17) is 5.26 Å². The van der Waals surface area contributed by atoms with E-state index in [9.17, 15) is 18.7 Å². The lowest BCUT2D eigenvalue weighted by atomic mass is 9.97. The second kappa shape index (κ2) is 8.05. The first-order valence-corrected chi connectivity index (χ1v) is 8.95. The van der Waals surface area contributed by atoms with E-state index >= 15 is 0 Å². The number of halogens is 2. The number of hydrogen-bond donors (Lipinski definition) is 2. The monoisotopic (exact) mass is 385 g/mol. The summed E-state index contributed by atoms with van der Waals surface area (Å²) in [5.41, 5.74) is 0.514. The molecular formula is C21H21F2N3O2. The number of nitrogens with one attached hydrogen (secondary N) is 1. The van der Waals surface area contributed by atoms with Crippen molar-refractivity contribution in [3.05, 3.63) is 64.5 Å². The molecule has 0 bridgehead atoms. The molecule has 0 fully saturated rings. The van der Waals surface area contributed by atoms with E-state index < -0.39 is 18.2 Å². The molecule has 1 aliphatic heterocycles. The average molecular weight is 385 g/mol. The maximum atomic E-state index is 13.8. The van der Waals surface area contributed by atoms with E-state index in [-0.39, 0.29) is 23.5 Å². The van der Waals surface area contributed by atoms with Gasteiger partial charge in [-0.05, 0) is 48.7 Å². The first-order chi connectivity index (χ1) is 13.3. The molecule has 0 unspecified atom stereocenters. The number of rotatable bonds is 5. The molecule has 1 heterocycles. The van der Waals surface area contributed by atoms with Crippen molar-refractivity contribution in [2.24, 2.45) is 0 Å². The van der Waals surface area contributed by atoms with Crippen LogP contribution in [0.3, 0.4) is 0 Å². The predicted octanol–water partition coefficient (Wildman–Crippen LogP) is 2.91. The first kappa shape index (κ1) is 19.9. The lowest BCUT2D eigenvalue weighted by Gasteiger charge is -2.34. The Balaban J connectivity index is 1.68. The number of hydrogen-bond acceptors (Lipinski definition) is 4. The van der Waals surface area contributed by atoms with Gasteiger partial charge in [0.2, 0.25) is 0 Å². The van der Waals surface area contributed by atoms with Gasteiger partial charge in [-0.1, -0.05) is 12.1 Å². The van der Waals surface area contributed by atoms with E-state index in [2.05, 4.69) is 5.32 Å². The van der Waals surface area contributed by atoms with Gasteiger partial charge in [0, 0.05) is 30.9 Å². The molecule has 146 valence electrons. The minimum Gasteiger partial charge on any atom is -0.379 e. The Hall–Kier alpha value is -2.82. The lowest BCUT2D eigenvalue weighted by Crippen LogP contribution is -2.50. The third-order valence-electron chi connectivity index (χ3n) is 4.94. The molecule has 0 saturated carbocycles. The second-order valence-corrected chi connectivity index (χ2v) is 7.18. The molecule has 0 aromatic heterocycles. The molecule has 0 aliphatic carbocycles. The number of β-amino-alcohol motifs (C(OH)–C–C–N with tert-alkyl or cyclic N) is 1. The van der Waals surface area contributed by atoms with E-state index in [0.29, 0.717) is 30.8 Å². The van der Waals surface area contributed by atoms with Crippen LogP contribution in [0, 0.1) is 17.1 Å². The lowest BCUT2D eigenvalue weighted by molar-refractivity contribution is -0.134. The SMILES string of the molecule is C[C@](O)(CN1CCc2c(F)cccc2C1)C(=O)Nc1ccc(C#N)c(CF)c1. The zero-order valence-corrected chi connectivity index (χ0v) is 15.5. The number of carbonyl (C=O) groups is 1. The minimum absolute atomic E-state index is 0.0705. The van der Waals surface area contributed by atoms with Crippen molar-refractivity contribution in [3.63, 3.8) is 0 Å². The van der Waals surface area contributed by atoms with E-state index in [1.807, 2.05) is 17.0 Å². The summed E-state index contributed by atoms with van der Waals surface area (Å²) < 4.78 is 26.9. The van der Waals surface area contributed by atoms with E-state index in [0.717, 1.165) is 5.56 Å². The quantitative estimate of drug-likeness (QED) is 0.830. The zero-order valence-electron chi connectivity index (χ0n) is 15.5. The Morgan fingerprint density at radius 1 is 1.39 bits per heavy atom. The standard InChI is InChI=1S/C21H21F2N3O2/c1-21(28,13-26-8-7-18-15(12-26)3-2-4-19(18)23)20(27)25-17-6-5-14(11-24)16(9-17)10-22/h2-6,9,28H,7-8,10,12-13H2,1H3,(H,25,27)/t21-/m0/s1. The zero-order chi connectivity index (χ0) is 20.3. The number of carbonyl (C=O) groups excluding carboxylic acids is 1. The van der Waals surface area contributed by atoms with Crippen LogP contribution in [0.25, 0.3) is 0 Å². The molecule has 2 N–H and O–H groups in total. The molecule has 5 nitrogen and oxygen atoms in total. The number of alkyl halides is 1. The van der Waals surface area contributed by atoms with Crippen molar-refractivity contribution in [1.29, 1.82) is 5.26 Å². The van der Waals surface area contributed by atoms with Crippen LogP contribution in [0.4, 0.5) is 14.5 Å². The van der Waals surface area contributed by atoms with Crippen molar-refractivity contribution in [1.82, 2.24) is 4.90 Å². The Kier molecular flexibility index (Phi) is 5.73. The van der Waals surface area contributed by atoms with Crippen LogP contribution in [0.2, 0.25) is 0 Å². The molecule has 28 heavy (non-hydrogen) atoms. The summed E-state index contributed by atoms with van der Waals surface area (Å²) >= 11 is 0. The number of amides is 1. The predicted molar refractivity (Wildman–Crippen MR) is 101 cm³/mol. The first-order valence-electron chi connectivity index (χ1n) is 8.95. The summed E-state index contributed by atoms with van der Waals surface area (Å²) in [5, 5.41) is 22.2. The van der Waals surface area contributed by atoms with E-state index in [1.54, 1.807) is 6.07 Å². The molecule has 0 saturated heterocycles. The van der Waals surface area contributed by atoms with Crippen LogP contribution in [0.5, 0.6) is 0 Å². The molecule has 3 rings (SSSR count). The van der Waals surface area contributed by atoms with Crippen LogP contribution in [-0.2, 0) is 24.4 Å². The molecule has 0 radical (unpaired) electrons. The molecule has 1 atom stereocenters. The van der Waals surface area contributed by atoms with Gasteiger partial charge >= 0.3 is 0 Å². The highest BCUT2D eigenvalue weighted by atomic mass is 19.1. The molecule has 2 aromatic carbocycles. The van der Waals surface area contributed by atoms with Crippen LogP contribution in [0.15, 0.2) is 36.4 Å². The summed E-state index contributed by atoms with van der Waals surface area (Å²) in [6.45, 7) is 1.62. The van der Waals surface area contributed by atoms with Crippen LogP contribution < -0.4 is 5.32 Å². The number of nitriles is 1. The normalized spacial score (nSPS) is 16.0. The fourth-order valence-electron chi connectivity index (χ4n) is 3.42. The second-order valence-electron chi connectivity index (χ2n) is 7.18. The Labute approximate surface area is 162 Å². The molecular weight excluding hydrogens is 364 g/mol. The smallest absolute Gasteiger partial charge is 0.257 e. The maximum absolute atomic E-state index is 13.8. The molecule has 2 aromatic rings. The van der Waals surface area contributed by atoms with Gasteiger partial charge in [0.05, 0.1) is 11.6 Å². The summed E-state index contributed by atoms with van der Waals surface area (Å²) in [4.78, 5) is 14.5. The Morgan fingerprint density at radius 3 is 2.89 bits per heavy atom. The third-order valence-corrected chi connectivity index (χ3v) is 4.94. The Bertz CT molecular complexity index is 938. The van der Waals surface area contributed by atoms with Gasteiger partial charge in [0.25, 0.3) is 5.91 Å².